The number of rotatable bonds is 4. The fraction of sp³-hybridized carbons (Fsp3) is 0.167. The van der Waals surface area contributed by atoms with Gasteiger partial charge in [0.2, 0.25) is 10.0 Å². The third kappa shape index (κ3) is 3.31. The zero-order valence-corrected chi connectivity index (χ0v) is 13.5. The van der Waals surface area contributed by atoms with Crippen molar-refractivity contribution in [3.8, 4) is 0 Å². The highest BCUT2D eigenvalue weighted by Crippen LogP contribution is 2.19. The predicted octanol–water partition coefficient (Wildman–Crippen LogP) is 3.14. The van der Waals surface area contributed by atoms with Crippen LogP contribution in [0, 0.1) is 9.81 Å². The summed E-state index contributed by atoms with van der Waals surface area (Å²) in [5.41, 5.74) is 2.05. The Morgan fingerprint density at radius 3 is 2.44 bits per heavy atom. The molecule has 2 aromatic rings. The van der Waals surface area contributed by atoms with Gasteiger partial charge >= 0.3 is 0 Å². The van der Waals surface area contributed by atoms with Crippen LogP contribution in [0.5, 0.6) is 0 Å². The van der Waals surface area contributed by atoms with Gasteiger partial charge in [0.05, 0.1) is 7.78 Å². The van der Waals surface area contributed by atoms with Crippen molar-refractivity contribution < 1.29 is 8.42 Å². The summed E-state index contributed by atoms with van der Waals surface area (Å²) in [4.78, 5) is 0.304. The number of hydrogen-bond acceptors (Lipinski definition) is 3. The minimum atomic E-state index is -3.42. The van der Waals surface area contributed by atoms with Gasteiger partial charge in [0, 0.05) is 6.54 Å². The fourth-order valence-electron chi connectivity index (χ4n) is 1.42. The minimum absolute atomic E-state index is 0.304. The van der Waals surface area contributed by atoms with Crippen LogP contribution in [-0.4, -0.2) is 8.42 Å². The molecule has 6 heteroatoms. The largest absolute Gasteiger partial charge is 0.240 e. The molecule has 0 bridgehead atoms. The average Bonchev–Trinajstić information content (AvgIpc) is 2.73. The lowest BCUT2D eigenvalue weighted by Crippen LogP contribution is -2.23. The standard InChI is InChI=1S/C12H12INO2S2/c1-9-2-4-11(5-3-9)18(15,16)14-8-10-6-7-17-12(10)13/h2-7,14H,8H2,1H3. The molecule has 0 aliphatic rings. The van der Waals surface area contributed by atoms with Crippen molar-refractivity contribution in [1.29, 1.82) is 0 Å². The molecule has 3 nitrogen and oxygen atoms in total. The molecule has 2 rings (SSSR count). The second-order valence-electron chi connectivity index (χ2n) is 3.86. The van der Waals surface area contributed by atoms with Crippen molar-refractivity contribution >= 4 is 44.0 Å². The first-order valence-corrected chi connectivity index (χ1v) is 8.71. The van der Waals surface area contributed by atoms with E-state index in [0.717, 1.165) is 14.0 Å². The Bertz CT molecular complexity index is 632. The van der Waals surface area contributed by atoms with Gasteiger partial charge in [0.1, 0.15) is 0 Å². The van der Waals surface area contributed by atoms with Crippen LogP contribution in [-0.2, 0) is 16.6 Å². The van der Waals surface area contributed by atoms with Gasteiger partial charge in [0.15, 0.2) is 0 Å². The maximum atomic E-state index is 12.0. The number of thiophene rings is 1. The number of benzene rings is 1. The first-order valence-electron chi connectivity index (χ1n) is 5.27. The van der Waals surface area contributed by atoms with E-state index in [2.05, 4.69) is 27.3 Å². The molecule has 0 aliphatic carbocycles. The second-order valence-corrected chi connectivity index (χ2v) is 8.35. The molecule has 96 valence electrons. The van der Waals surface area contributed by atoms with Crippen LogP contribution in [0.25, 0.3) is 0 Å². The van der Waals surface area contributed by atoms with Gasteiger partial charge in [-0.3, -0.25) is 0 Å². The molecule has 1 aromatic carbocycles. The first-order chi connectivity index (χ1) is 8.49. The summed E-state index contributed by atoms with van der Waals surface area (Å²) < 4.78 is 27.8. The van der Waals surface area contributed by atoms with Crippen LogP contribution in [0.1, 0.15) is 11.1 Å². The van der Waals surface area contributed by atoms with E-state index >= 15 is 0 Å². The van der Waals surface area contributed by atoms with Crippen LogP contribution in [0.3, 0.4) is 0 Å². The zero-order chi connectivity index (χ0) is 13.2. The van der Waals surface area contributed by atoms with Crippen LogP contribution in [0.2, 0.25) is 0 Å². The molecule has 0 radical (unpaired) electrons. The summed E-state index contributed by atoms with van der Waals surface area (Å²) >= 11 is 3.81. The highest BCUT2D eigenvalue weighted by molar-refractivity contribution is 14.1. The monoisotopic (exact) mass is 393 g/mol. The maximum absolute atomic E-state index is 12.0. The summed E-state index contributed by atoms with van der Waals surface area (Å²) in [5, 5.41) is 1.96. The van der Waals surface area contributed by atoms with Crippen LogP contribution in [0.15, 0.2) is 40.6 Å². The van der Waals surface area contributed by atoms with Gasteiger partial charge in [0.25, 0.3) is 0 Å². The van der Waals surface area contributed by atoms with Crippen molar-refractivity contribution in [2.45, 2.75) is 18.4 Å². The smallest absolute Gasteiger partial charge is 0.207 e. The first kappa shape index (κ1) is 14.0. The van der Waals surface area contributed by atoms with E-state index in [-0.39, 0.29) is 0 Å². The van der Waals surface area contributed by atoms with Crippen molar-refractivity contribution in [3.63, 3.8) is 0 Å². The highest BCUT2D eigenvalue weighted by atomic mass is 127. The van der Waals surface area contributed by atoms with Crippen molar-refractivity contribution in [2.75, 3.05) is 0 Å². The van der Waals surface area contributed by atoms with E-state index in [9.17, 15) is 8.42 Å². The van der Waals surface area contributed by atoms with Crippen molar-refractivity contribution in [3.05, 3.63) is 49.7 Å². The molecule has 0 saturated carbocycles. The summed E-state index contributed by atoms with van der Waals surface area (Å²) in [5.74, 6) is 0. The van der Waals surface area contributed by atoms with Gasteiger partial charge in [-0.2, -0.15) is 0 Å². The number of aryl methyl sites for hydroxylation is 1. The quantitative estimate of drug-likeness (QED) is 0.812. The van der Waals surface area contributed by atoms with Crippen molar-refractivity contribution in [2.24, 2.45) is 0 Å². The molecule has 0 fully saturated rings. The van der Waals surface area contributed by atoms with Crippen LogP contribution >= 0.6 is 33.9 Å². The molecule has 0 aliphatic heterocycles. The van der Waals surface area contributed by atoms with Gasteiger partial charge in [-0.25, -0.2) is 13.1 Å². The molecule has 0 atom stereocenters. The average molecular weight is 393 g/mol. The van der Waals surface area contributed by atoms with Crippen LogP contribution in [0.4, 0.5) is 0 Å². The summed E-state index contributed by atoms with van der Waals surface area (Å²) in [6.07, 6.45) is 0. The molecule has 1 N–H and O–H groups in total. The number of nitrogens with one attached hydrogen (secondary N) is 1. The predicted molar refractivity (Wildman–Crippen MR) is 82.2 cm³/mol. The highest BCUT2D eigenvalue weighted by Gasteiger charge is 2.14. The van der Waals surface area contributed by atoms with E-state index in [0.29, 0.717) is 11.4 Å². The SMILES string of the molecule is Cc1ccc(S(=O)(=O)NCc2ccsc2I)cc1. The lowest BCUT2D eigenvalue weighted by molar-refractivity contribution is 0.581. The molecule has 18 heavy (non-hydrogen) atoms. The Kier molecular flexibility index (Phi) is 4.41. The van der Waals surface area contributed by atoms with Crippen molar-refractivity contribution in [1.82, 2.24) is 4.72 Å². The van der Waals surface area contributed by atoms with E-state index in [1.807, 2.05) is 18.4 Å². The van der Waals surface area contributed by atoms with Gasteiger partial charge in [-0.1, -0.05) is 17.7 Å². The zero-order valence-electron chi connectivity index (χ0n) is 9.68. The van der Waals surface area contributed by atoms with E-state index in [1.54, 1.807) is 35.6 Å². The molecule has 1 heterocycles. The molecule has 0 spiro atoms. The summed E-state index contributed by atoms with van der Waals surface area (Å²) in [6.45, 7) is 2.26. The third-order valence-electron chi connectivity index (χ3n) is 2.48. The minimum Gasteiger partial charge on any atom is -0.207 e. The third-order valence-corrected chi connectivity index (χ3v) is 6.09. The van der Waals surface area contributed by atoms with E-state index < -0.39 is 10.0 Å². The van der Waals surface area contributed by atoms with Gasteiger partial charge in [-0.05, 0) is 58.7 Å². The van der Waals surface area contributed by atoms with E-state index in [1.165, 1.54) is 0 Å². The second kappa shape index (κ2) is 5.68. The Morgan fingerprint density at radius 2 is 1.89 bits per heavy atom. The number of hydrogen-bond donors (Lipinski definition) is 1. The summed E-state index contributed by atoms with van der Waals surface area (Å²) in [7, 11) is -3.42. The van der Waals surface area contributed by atoms with Gasteiger partial charge < -0.3 is 0 Å². The topological polar surface area (TPSA) is 46.2 Å². The Labute approximate surface area is 124 Å². The van der Waals surface area contributed by atoms with Crippen LogP contribution < -0.4 is 4.72 Å². The lowest BCUT2D eigenvalue weighted by Gasteiger charge is -2.06. The Morgan fingerprint density at radius 1 is 1.22 bits per heavy atom. The molecule has 0 amide bonds. The maximum Gasteiger partial charge on any atom is 0.240 e. The molecular formula is C12H12INO2S2. The molecule has 0 saturated heterocycles. The Balaban J connectivity index is 2.13. The van der Waals surface area contributed by atoms with E-state index in [4.69, 9.17) is 0 Å². The Hall–Kier alpha value is -0.440. The van der Waals surface area contributed by atoms with Gasteiger partial charge in [-0.15, -0.1) is 11.3 Å². The molecule has 1 aromatic heterocycles. The lowest BCUT2D eigenvalue weighted by atomic mass is 10.2. The molecule has 0 unspecified atom stereocenters. The molecular weight excluding hydrogens is 381 g/mol. The summed E-state index contributed by atoms with van der Waals surface area (Å²) in [6, 6.07) is 8.77. The fourth-order valence-corrected chi connectivity index (χ4v) is 3.88. The normalized spacial score (nSPS) is 11.7. The number of halogens is 1. The number of sulfonamides is 1.